The van der Waals surface area contributed by atoms with E-state index in [4.69, 9.17) is 18.9 Å². The van der Waals surface area contributed by atoms with Gasteiger partial charge in [-0.25, -0.2) is 0 Å². The second-order valence-corrected chi connectivity index (χ2v) is 10.3. The number of benzene rings is 4. The van der Waals surface area contributed by atoms with E-state index in [2.05, 4.69) is 0 Å². The second-order valence-electron chi connectivity index (χ2n) is 10.3. The SMILES string of the molecule is O=C(CO)[C@@H](OCc1ccccc1)[C@@H](OCc1ccccc1)[C@H](OCc1ccccc1)[C@H](O)CCOCc1ccccc1. The molecule has 0 spiro atoms. The summed E-state index contributed by atoms with van der Waals surface area (Å²) in [6.45, 7) is 0.366. The van der Waals surface area contributed by atoms with Crippen molar-refractivity contribution in [2.75, 3.05) is 13.2 Å². The minimum absolute atomic E-state index is 0.115. The number of aliphatic hydroxyl groups excluding tert-OH is 2. The normalized spacial score (nSPS) is 14.1. The molecule has 0 radical (unpaired) electrons. The highest BCUT2D eigenvalue weighted by Crippen LogP contribution is 2.23. The zero-order valence-corrected chi connectivity index (χ0v) is 24.2. The fourth-order valence-corrected chi connectivity index (χ4v) is 4.67. The maximum absolute atomic E-state index is 13.2. The molecule has 0 unspecified atom stereocenters. The number of ketones is 1. The fraction of sp³-hybridized carbons (Fsp3) is 0.306. The van der Waals surface area contributed by atoms with Gasteiger partial charge in [0.05, 0.1) is 32.5 Å². The molecule has 0 bridgehead atoms. The van der Waals surface area contributed by atoms with E-state index >= 15 is 0 Å². The first-order chi connectivity index (χ1) is 21.1. The van der Waals surface area contributed by atoms with Crippen LogP contribution < -0.4 is 0 Å². The molecule has 43 heavy (non-hydrogen) atoms. The highest BCUT2D eigenvalue weighted by Gasteiger charge is 2.40. The molecule has 4 rings (SSSR count). The lowest BCUT2D eigenvalue weighted by Crippen LogP contribution is -2.52. The summed E-state index contributed by atoms with van der Waals surface area (Å²) < 4.78 is 24.7. The average molecular weight is 585 g/mol. The van der Waals surface area contributed by atoms with Crippen LogP contribution in [-0.4, -0.2) is 53.6 Å². The number of rotatable bonds is 19. The number of hydrogen-bond donors (Lipinski definition) is 2. The van der Waals surface area contributed by atoms with Crippen molar-refractivity contribution < 1.29 is 34.0 Å². The van der Waals surface area contributed by atoms with E-state index in [0.717, 1.165) is 22.3 Å². The van der Waals surface area contributed by atoms with Crippen LogP contribution in [0.3, 0.4) is 0 Å². The average Bonchev–Trinajstić information content (AvgIpc) is 3.07. The third-order valence-electron chi connectivity index (χ3n) is 6.99. The molecule has 0 fully saturated rings. The maximum atomic E-state index is 13.2. The Labute approximate surface area is 253 Å². The monoisotopic (exact) mass is 584 g/mol. The first kappa shape index (κ1) is 32.2. The highest BCUT2D eigenvalue weighted by atomic mass is 16.6. The predicted molar refractivity (Wildman–Crippen MR) is 164 cm³/mol. The van der Waals surface area contributed by atoms with Gasteiger partial charge in [0.15, 0.2) is 5.78 Å². The minimum atomic E-state index is -1.20. The van der Waals surface area contributed by atoms with Crippen LogP contribution >= 0.6 is 0 Å². The minimum Gasteiger partial charge on any atom is -0.390 e. The third-order valence-corrected chi connectivity index (χ3v) is 6.99. The Kier molecular flexibility index (Phi) is 13.6. The molecule has 4 aromatic carbocycles. The van der Waals surface area contributed by atoms with E-state index in [1.165, 1.54) is 0 Å². The molecule has 0 aliphatic heterocycles. The Morgan fingerprint density at radius 3 is 1.40 bits per heavy atom. The lowest BCUT2D eigenvalue weighted by Gasteiger charge is -2.35. The highest BCUT2D eigenvalue weighted by molar-refractivity contribution is 5.84. The van der Waals surface area contributed by atoms with E-state index in [9.17, 15) is 15.0 Å². The van der Waals surface area contributed by atoms with Gasteiger partial charge >= 0.3 is 0 Å². The summed E-state index contributed by atoms with van der Waals surface area (Å²) in [7, 11) is 0. The molecule has 0 aromatic heterocycles. The van der Waals surface area contributed by atoms with Gasteiger partial charge in [0.2, 0.25) is 0 Å². The third kappa shape index (κ3) is 10.8. The standard InChI is InChI=1S/C36H40O7/c37-23-33(39)35(42-26-30-17-9-3-10-18-30)36(43-27-31-19-11-4-12-20-31)34(41-25-29-15-7-2-8-16-29)32(38)21-22-40-24-28-13-5-1-6-14-28/h1-20,32,34-38H,21-27H2/t32-,34-,35-,36+/m1/s1. The van der Waals surface area contributed by atoms with Gasteiger partial charge in [-0.3, -0.25) is 4.79 Å². The van der Waals surface area contributed by atoms with Crippen molar-refractivity contribution >= 4 is 5.78 Å². The van der Waals surface area contributed by atoms with Gasteiger partial charge in [0, 0.05) is 6.61 Å². The number of hydrogen-bond acceptors (Lipinski definition) is 7. The van der Waals surface area contributed by atoms with E-state index in [0.29, 0.717) is 6.61 Å². The lowest BCUT2D eigenvalue weighted by molar-refractivity contribution is -0.187. The van der Waals surface area contributed by atoms with Crippen molar-refractivity contribution in [2.24, 2.45) is 0 Å². The van der Waals surface area contributed by atoms with Crippen LogP contribution in [0.2, 0.25) is 0 Å². The Bertz CT molecular complexity index is 1300. The maximum Gasteiger partial charge on any atom is 0.189 e. The topological polar surface area (TPSA) is 94.5 Å². The van der Waals surface area contributed by atoms with Gasteiger partial charge in [0.25, 0.3) is 0 Å². The molecule has 0 saturated carbocycles. The molecular weight excluding hydrogens is 544 g/mol. The van der Waals surface area contributed by atoms with Crippen LogP contribution in [0.5, 0.6) is 0 Å². The largest absolute Gasteiger partial charge is 0.390 e. The fourth-order valence-electron chi connectivity index (χ4n) is 4.67. The van der Waals surface area contributed by atoms with Gasteiger partial charge in [0.1, 0.15) is 24.9 Å². The van der Waals surface area contributed by atoms with E-state index < -0.39 is 36.8 Å². The number of carbonyl (C=O) groups is 1. The van der Waals surface area contributed by atoms with Crippen molar-refractivity contribution in [1.82, 2.24) is 0 Å². The van der Waals surface area contributed by atoms with Crippen LogP contribution in [-0.2, 0) is 50.2 Å². The zero-order chi connectivity index (χ0) is 30.1. The van der Waals surface area contributed by atoms with Gasteiger partial charge in [-0.05, 0) is 28.7 Å². The molecule has 0 heterocycles. The molecule has 0 aliphatic carbocycles. The number of aliphatic hydroxyl groups is 2. The Morgan fingerprint density at radius 1 is 0.558 bits per heavy atom. The van der Waals surface area contributed by atoms with Gasteiger partial charge in [-0.2, -0.15) is 0 Å². The molecule has 4 aromatic rings. The van der Waals surface area contributed by atoms with Crippen molar-refractivity contribution in [3.63, 3.8) is 0 Å². The summed E-state index contributed by atoms with van der Waals surface area (Å²) in [4.78, 5) is 13.2. The molecule has 226 valence electrons. The summed E-state index contributed by atoms with van der Waals surface area (Å²) in [6, 6.07) is 38.4. The number of carbonyl (C=O) groups excluding carboxylic acids is 1. The van der Waals surface area contributed by atoms with Crippen molar-refractivity contribution in [3.05, 3.63) is 144 Å². The van der Waals surface area contributed by atoms with Crippen molar-refractivity contribution in [2.45, 2.75) is 57.3 Å². The van der Waals surface area contributed by atoms with Crippen LogP contribution in [0.4, 0.5) is 0 Å². The Morgan fingerprint density at radius 2 is 0.953 bits per heavy atom. The van der Waals surface area contributed by atoms with E-state index in [-0.39, 0.29) is 32.8 Å². The predicted octanol–water partition coefficient (Wildman–Crippen LogP) is 5.27. The summed E-state index contributed by atoms with van der Waals surface area (Å²) >= 11 is 0. The van der Waals surface area contributed by atoms with Crippen LogP contribution in [0.25, 0.3) is 0 Å². The van der Waals surface area contributed by atoms with Gasteiger partial charge < -0.3 is 29.2 Å². The Balaban J connectivity index is 1.56. The summed E-state index contributed by atoms with van der Waals surface area (Å²) in [5, 5.41) is 21.5. The molecule has 0 aliphatic rings. The molecular formula is C36H40O7. The second kappa shape index (κ2) is 18.1. The van der Waals surface area contributed by atoms with E-state index in [1.807, 2.05) is 121 Å². The van der Waals surface area contributed by atoms with Crippen molar-refractivity contribution in [3.8, 4) is 0 Å². The summed E-state index contributed by atoms with van der Waals surface area (Å²) in [6.07, 6.45) is -4.03. The lowest BCUT2D eigenvalue weighted by atomic mass is 9.97. The molecule has 4 atom stereocenters. The quantitative estimate of drug-likeness (QED) is 0.145. The van der Waals surface area contributed by atoms with Gasteiger partial charge in [-0.1, -0.05) is 121 Å². The molecule has 0 saturated heterocycles. The molecule has 0 amide bonds. The van der Waals surface area contributed by atoms with Crippen molar-refractivity contribution in [1.29, 1.82) is 0 Å². The first-order valence-corrected chi connectivity index (χ1v) is 14.5. The summed E-state index contributed by atoms with van der Waals surface area (Å²) in [5.41, 5.74) is 3.67. The smallest absolute Gasteiger partial charge is 0.189 e. The first-order valence-electron chi connectivity index (χ1n) is 14.5. The molecule has 2 N–H and O–H groups in total. The summed E-state index contributed by atoms with van der Waals surface area (Å²) in [5.74, 6) is -0.560. The van der Waals surface area contributed by atoms with Crippen LogP contribution in [0.1, 0.15) is 28.7 Å². The van der Waals surface area contributed by atoms with Crippen LogP contribution in [0.15, 0.2) is 121 Å². The number of Topliss-reactive ketones (excluding diaryl/α,β-unsaturated/α-hetero) is 1. The van der Waals surface area contributed by atoms with Crippen LogP contribution in [0, 0.1) is 0 Å². The number of ether oxygens (including phenoxy) is 4. The molecule has 7 heteroatoms. The van der Waals surface area contributed by atoms with Gasteiger partial charge in [-0.15, -0.1) is 0 Å². The van der Waals surface area contributed by atoms with E-state index in [1.54, 1.807) is 0 Å². The Hall–Kier alpha value is -3.69. The molecule has 7 nitrogen and oxygen atoms in total. The zero-order valence-electron chi connectivity index (χ0n) is 24.2.